The maximum Gasteiger partial charge on any atom is 0.334 e. The van der Waals surface area contributed by atoms with Gasteiger partial charge in [0.2, 0.25) is 0 Å². The van der Waals surface area contributed by atoms with E-state index in [9.17, 15) is 18.0 Å². The van der Waals surface area contributed by atoms with Gasteiger partial charge in [0.05, 0.1) is 11.4 Å². The van der Waals surface area contributed by atoms with Gasteiger partial charge in [-0.3, -0.25) is 0 Å². The fraction of sp³-hybridized carbons (Fsp3) is 0.333. The minimum atomic E-state index is -3.26. The van der Waals surface area contributed by atoms with Crippen LogP contribution in [-0.4, -0.2) is 49.5 Å². The Morgan fingerprint density at radius 3 is 2.24 bits per heavy atom. The number of aliphatic hydroxyl groups is 1. The molecular formula is C12H16N2O6S. The van der Waals surface area contributed by atoms with Crippen LogP contribution in [0.4, 0.5) is 4.79 Å². The van der Waals surface area contributed by atoms with Gasteiger partial charge >= 0.3 is 12.0 Å². The van der Waals surface area contributed by atoms with Crippen LogP contribution in [0.5, 0.6) is 0 Å². The molecule has 0 aromatic heterocycles. The summed E-state index contributed by atoms with van der Waals surface area (Å²) in [5.74, 6) is -1.42. The summed E-state index contributed by atoms with van der Waals surface area (Å²) in [6.07, 6.45) is -0.564. The second-order valence-corrected chi connectivity index (χ2v) is 6.35. The summed E-state index contributed by atoms with van der Waals surface area (Å²) < 4.78 is 22.5. The molecule has 1 aromatic carbocycles. The van der Waals surface area contributed by atoms with Gasteiger partial charge in [-0.15, -0.1) is 0 Å². The van der Waals surface area contributed by atoms with Gasteiger partial charge < -0.3 is 20.8 Å². The number of aliphatic carboxylic acids is 1. The second kappa shape index (κ2) is 7.04. The van der Waals surface area contributed by atoms with E-state index in [2.05, 4.69) is 10.6 Å². The molecule has 0 radical (unpaired) electrons. The first-order valence-corrected chi connectivity index (χ1v) is 7.81. The van der Waals surface area contributed by atoms with Gasteiger partial charge in [0, 0.05) is 12.8 Å². The summed E-state index contributed by atoms with van der Waals surface area (Å²) in [5, 5.41) is 22.0. The Hall–Kier alpha value is -2.13. The van der Waals surface area contributed by atoms with Gasteiger partial charge in [-0.2, -0.15) is 0 Å². The van der Waals surface area contributed by atoms with Crippen LogP contribution in [0, 0.1) is 0 Å². The number of carbonyl (C=O) groups is 2. The third-order valence-corrected chi connectivity index (χ3v) is 3.67. The number of amides is 2. The molecule has 0 bridgehead atoms. The lowest BCUT2D eigenvalue weighted by atomic mass is 10.2. The van der Waals surface area contributed by atoms with Crippen molar-refractivity contribution in [2.75, 3.05) is 12.8 Å². The van der Waals surface area contributed by atoms with E-state index in [0.717, 1.165) is 6.26 Å². The predicted octanol–water partition coefficient (Wildman–Crippen LogP) is -0.665. The van der Waals surface area contributed by atoms with Crippen molar-refractivity contribution < 1.29 is 28.2 Å². The van der Waals surface area contributed by atoms with Gasteiger partial charge in [-0.05, 0) is 17.7 Å². The molecule has 9 heteroatoms. The van der Waals surface area contributed by atoms with E-state index in [1.807, 2.05) is 0 Å². The number of carbonyl (C=O) groups excluding carboxylic acids is 1. The summed E-state index contributed by atoms with van der Waals surface area (Å²) >= 11 is 0. The number of benzene rings is 1. The predicted molar refractivity (Wildman–Crippen MR) is 73.4 cm³/mol. The third-order valence-electron chi connectivity index (χ3n) is 2.55. The Kier molecular flexibility index (Phi) is 5.68. The van der Waals surface area contributed by atoms with Crippen LogP contribution < -0.4 is 10.6 Å². The van der Waals surface area contributed by atoms with Crippen molar-refractivity contribution in [3.8, 4) is 0 Å². The van der Waals surface area contributed by atoms with Crippen LogP contribution in [-0.2, 0) is 21.2 Å². The SMILES string of the molecule is CS(=O)(=O)c1ccc(CNC(=O)NCC(O)C(=O)O)cc1. The zero-order valence-electron chi connectivity index (χ0n) is 11.2. The Bertz CT molecular complexity index is 611. The molecule has 0 aliphatic rings. The molecule has 1 atom stereocenters. The van der Waals surface area contributed by atoms with Crippen molar-refractivity contribution in [1.29, 1.82) is 0 Å². The molecule has 2 amide bonds. The molecule has 0 fully saturated rings. The molecule has 0 saturated carbocycles. The van der Waals surface area contributed by atoms with Gasteiger partial charge in [-0.25, -0.2) is 18.0 Å². The number of nitrogens with one attached hydrogen (secondary N) is 2. The Balaban J connectivity index is 2.45. The summed E-state index contributed by atoms with van der Waals surface area (Å²) in [6.45, 7) is -0.271. The maximum absolute atomic E-state index is 11.3. The smallest absolute Gasteiger partial charge is 0.334 e. The molecule has 0 aliphatic heterocycles. The van der Waals surface area contributed by atoms with E-state index < -0.39 is 34.5 Å². The number of carboxylic acid groups (broad SMARTS) is 1. The number of hydrogen-bond donors (Lipinski definition) is 4. The van der Waals surface area contributed by atoms with Crippen molar-refractivity contribution >= 4 is 21.8 Å². The number of carboxylic acids is 1. The zero-order chi connectivity index (χ0) is 16.0. The minimum Gasteiger partial charge on any atom is -0.479 e. The Morgan fingerprint density at radius 2 is 1.76 bits per heavy atom. The summed E-state index contributed by atoms with van der Waals surface area (Å²) in [4.78, 5) is 21.9. The van der Waals surface area contributed by atoms with Crippen LogP contribution in [0.25, 0.3) is 0 Å². The average molecular weight is 316 g/mol. The van der Waals surface area contributed by atoms with E-state index in [1.165, 1.54) is 12.1 Å². The molecule has 0 heterocycles. The Labute approximate surface area is 121 Å². The zero-order valence-corrected chi connectivity index (χ0v) is 12.1. The first-order chi connectivity index (χ1) is 9.70. The van der Waals surface area contributed by atoms with Crippen molar-refractivity contribution in [3.63, 3.8) is 0 Å². The highest BCUT2D eigenvalue weighted by Gasteiger charge is 2.13. The highest BCUT2D eigenvalue weighted by molar-refractivity contribution is 7.90. The minimum absolute atomic E-state index is 0.138. The number of aliphatic hydroxyl groups excluding tert-OH is 1. The molecule has 1 unspecified atom stereocenters. The highest BCUT2D eigenvalue weighted by Crippen LogP contribution is 2.09. The molecule has 21 heavy (non-hydrogen) atoms. The van der Waals surface area contributed by atoms with E-state index in [-0.39, 0.29) is 11.4 Å². The van der Waals surface area contributed by atoms with Crippen molar-refractivity contribution in [2.24, 2.45) is 0 Å². The maximum atomic E-state index is 11.3. The second-order valence-electron chi connectivity index (χ2n) is 4.33. The lowest BCUT2D eigenvalue weighted by Crippen LogP contribution is -2.41. The quantitative estimate of drug-likeness (QED) is 0.550. The average Bonchev–Trinajstić information content (AvgIpc) is 2.41. The number of hydrogen-bond acceptors (Lipinski definition) is 5. The molecule has 4 N–H and O–H groups in total. The number of sulfone groups is 1. The molecule has 116 valence electrons. The first kappa shape index (κ1) is 16.9. The van der Waals surface area contributed by atoms with Gasteiger partial charge in [0.15, 0.2) is 15.9 Å². The van der Waals surface area contributed by atoms with Gasteiger partial charge in [-0.1, -0.05) is 12.1 Å². The van der Waals surface area contributed by atoms with Crippen LogP contribution in [0.1, 0.15) is 5.56 Å². The molecule has 1 aromatic rings. The van der Waals surface area contributed by atoms with Crippen molar-refractivity contribution in [3.05, 3.63) is 29.8 Å². The van der Waals surface area contributed by atoms with Gasteiger partial charge in [0.1, 0.15) is 0 Å². The van der Waals surface area contributed by atoms with E-state index in [1.54, 1.807) is 12.1 Å². The molecule has 0 saturated heterocycles. The molecule has 1 rings (SSSR count). The number of rotatable bonds is 6. The summed E-state index contributed by atoms with van der Waals surface area (Å²) in [6, 6.07) is 5.34. The molecule has 0 spiro atoms. The van der Waals surface area contributed by atoms with E-state index in [4.69, 9.17) is 10.2 Å². The lowest BCUT2D eigenvalue weighted by Gasteiger charge is -2.09. The summed E-state index contributed by atoms with van der Waals surface area (Å²) in [5.41, 5.74) is 0.677. The lowest BCUT2D eigenvalue weighted by molar-refractivity contribution is -0.146. The van der Waals surface area contributed by atoms with E-state index >= 15 is 0 Å². The largest absolute Gasteiger partial charge is 0.479 e. The number of urea groups is 1. The van der Waals surface area contributed by atoms with E-state index in [0.29, 0.717) is 5.56 Å². The molecule has 8 nitrogen and oxygen atoms in total. The van der Waals surface area contributed by atoms with Crippen molar-refractivity contribution in [2.45, 2.75) is 17.5 Å². The van der Waals surface area contributed by atoms with Crippen LogP contribution in [0.15, 0.2) is 29.2 Å². The normalized spacial score (nSPS) is 12.5. The topological polar surface area (TPSA) is 133 Å². The Morgan fingerprint density at radius 1 is 1.19 bits per heavy atom. The van der Waals surface area contributed by atoms with Crippen molar-refractivity contribution in [1.82, 2.24) is 10.6 Å². The first-order valence-electron chi connectivity index (χ1n) is 5.91. The standard InChI is InChI=1S/C12H16N2O6S/c1-21(19,20)9-4-2-8(3-5-9)6-13-12(18)14-7-10(15)11(16)17/h2-5,10,15H,6-7H2,1H3,(H,16,17)(H2,13,14,18). The van der Waals surface area contributed by atoms with Crippen LogP contribution in [0.2, 0.25) is 0 Å². The monoisotopic (exact) mass is 316 g/mol. The molecule has 0 aliphatic carbocycles. The highest BCUT2D eigenvalue weighted by atomic mass is 32.2. The van der Waals surface area contributed by atoms with Gasteiger partial charge in [0.25, 0.3) is 0 Å². The fourth-order valence-corrected chi connectivity index (χ4v) is 2.01. The van der Waals surface area contributed by atoms with Crippen LogP contribution >= 0.6 is 0 Å². The fourth-order valence-electron chi connectivity index (χ4n) is 1.38. The van der Waals surface area contributed by atoms with Crippen LogP contribution in [0.3, 0.4) is 0 Å². The molecular weight excluding hydrogens is 300 g/mol. The summed E-state index contributed by atoms with van der Waals surface area (Å²) in [7, 11) is -3.26. The third kappa shape index (κ3) is 5.79.